The van der Waals surface area contributed by atoms with E-state index in [9.17, 15) is 9.59 Å². The Labute approximate surface area is 160 Å². The highest BCUT2D eigenvalue weighted by atomic mass is 35.5. The highest BCUT2D eigenvalue weighted by molar-refractivity contribution is 6.09. The van der Waals surface area contributed by atoms with E-state index in [-0.39, 0.29) is 24.2 Å². The van der Waals surface area contributed by atoms with Gasteiger partial charge in [-0.2, -0.15) is 0 Å². The largest absolute Gasteiger partial charge is 0.339 e. The normalized spacial score (nSPS) is 13.2. The van der Waals surface area contributed by atoms with Crippen LogP contribution in [0, 0.1) is 6.92 Å². The second kappa shape index (κ2) is 8.83. The highest BCUT2D eigenvalue weighted by Crippen LogP contribution is 2.24. The Morgan fingerprint density at radius 2 is 1.73 bits per heavy atom. The summed E-state index contributed by atoms with van der Waals surface area (Å²) < 4.78 is 0. The molecule has 2 aromatic carbocycles. The summed E-state index contributed by atoms with van der Waals surface area (Å²) in [5.41, 5.74) is 9.10. The molecule has 0 bridgehead atoms. The van der Waals surface area contributed by atoms with Gasteiger partial charge in [0.15, 0.2) is 0 Å². The zero-order valence-electron chi connectivity index (χ0n) is 14.8. The van der Waals surface area contributed by atoms with Gasteiger partial charge < -0.3 is 16.0 Å². The second-order valence-corrected chi connectivity index (χ2v) is 6.35. The maximum atomic E-state index is 12.9. The van der Waals surface area contributed by atoms with Crippen molar-refractivity contribution in [2.75, 3.05) is 18.4 Å². The smallest absolute Gasteiger partial charge is 0.256 e. The molecule has 26 heavy (non-hydrogen) atoms. The van der Waals surface area contributed by atoms with Gasteiger partial charge in [0, 0.05) is 25.2 Å². The fourth-order valence-electron chi connectivity index (χ4n) is 3.12. The van der Waals surface area contributed by atoms with Crippen molar-refractivity contribution in [2.24, 2.45) is 5.73 Å². The number of rotatable bonds is 4. The number of hydrogen-bond acceptors (Lipinski definition) is 3. The van der Waals surface area contributed by atoms with E-state index in [2.05, 4.69) is 5.32 Å². The summed E-state index contributed by atoms with van der Waals surface area (Å²) in [6, 6.07) is 12.7. The summed E-state index contributed by atoms with van der Waals surface area (Å²) in [7, 11) is 0. The van der Waals surface area contributed by atoms with Crippen molar-refractivity contribution in [3.63, 3.8) is 0 Å². The Bertz CT molecular complexity index is 784. The van der Waals surface area contributed by atoms with Gasteiger partial charge in [-0.25, -0.2) is 0 Å². The number of nitrogens with zero attached hydrogens (tertiary/aromatic N) is 1. The van der Waals surface area contributed by atoms with Gasteiger partial charge in [0.25, 0.3) is 11.8 Å². The lowest BCUT2D eigenvalue weighted by atomic mass is 10.0. The first-order valence-electron chi connectivity index (χ1n) is 8.59. The lowest BCUT2D eigenvalue weighted by Crippen LogP contribution is -2.29. The van der Waals surface area contributed by atoms with Gasteiger partial charge >= 0.3 is 0 Å². The van der Waals surface area contributed by atoms with Crippen molar-refractivity contribution in [3.8, 4) is 0 Å². The van der Waals surface area contributed by atoms with Crippen LogP contribution in [-0.2, 0) is 6.54 Å². The van der Waals surface area contributed by atoms with Crippen LogP contribution in [-0.4, -0.2) is 29.8 Å². The van der Waals surface area contributed by atoms with Gasteiger partial charge in [-0.1, -0.05) is 24.3 Å². The first kappa shape index (κ1) is 19.9. The van der Waals surface area contributed by atoms with E-state index in [0.717, 1.165) is 37.1 Å². The zero-order chi connectivity index (χ0) is 17.8. The average molecular weight is 374 g/mol. The number of amides is 2. The number of aryl methyl sites for hydroxylation is 1. The Hall–Kier alpha value is -2.37. The molecule has 0 saturated carbocycles. The average Bonchev–Trinajstić information content (AvgIpc) is 3.16. The summed E-state index contributed by atoms with van der Waals surface area (Å²) in [5.74, 6) is -0.242. The van der Waals surface area contributed by atoms with E-state index < -0.39 is 0 Å². The monoisotopic (exact) mass is 373 g/mol. The molecule has 0 aromatic heterocycles. The number of nitrogens with one attached hydrogen (secondary N) is 1. The van der Waals surface area contributed by atoms with Crippen LogP contribution in [0.2, 0.25) is 0 Å². The fraction of sp³-hybridized carbons (Fsp3) is 0.300. The number of anilines is 1. The van der Waals surface area contributed by atoms with Crippen LogP contribution in [0.25, 0.3) is 0 Å². The van der Waals surface area contributed by atoms with Crippen molar-refractivity contribution >= 4 is 29.9 Å². The van der Waals surface area contributed by atoms with Gasteiger partial charge in [-0.15, -0.1) is 12.4 Å². The number of nitrogens with two attached hydrogens (primary N) is 1. The fourth-order valence-corrected chi connectivity index (χ4v) is 3.12. The Morgan fingerprint density at radius 1 is 1.08 bits per heavy atom. The summed E-state index contributed by atoms with van der Waals surface area (Å²) in [6.07, 6.45) is 2.07. The Balaban J connectivity index is 0.00000243. The molecule has 0 radical (unpaired) electrons. The molecule has 2 amide bonds. The van der Waals surface area contributed by atoms with Crippen LogP contribution in [0.15, 0.2) is 42.5 Å². The van der Waals surface area contributed by atoms with E-state index in [0.29, 0.717) is 23.4 Å². The van der Waals surface area contributed by atoms with Gasteiger partial charge in [0.2, 0.25) is 0 Å². The van der Waals surface area contributed by atoms with Gasteiger partial charge in [-0.05, 0) is 49.1 Å². The van der Waals surface area contributed by atoms with Crippen molar-refractivity contribution in [1.29, 1.82) is 0 Å². The number of halogens is 1. The van der Waals surface area contributed by atoms with Crippen molar-refractivity contribution in [1.82, 2.24) is 4.90 Å². The molecular weight excluding hydrogens is 350 g/mol. The molecule has 5 nitrogen and oxygen atoms in total. The first-order valence-corrected chi connectivity index (χ1v) is 8.59. The molecule has 0 atom stereocenters. The summed E-state index contributed by atoms with van der Waals surface area (Å²) in [5, 5.41) is 2.89. The van der Waals surface area contributed by atoms with Crippen LogP contribution in [0.3, 0.4) is 0 Å². The third-order valence-electron chi connectivity index (χ3n) is 4.58. The SMILES string of the molecule is Cc1cccc(NC(=O)c2ccc(CN)cc2)c1C(=O)N1CCCC1.Cl. The van der Waals surface area contributed by atoms with Crippen LogP contribution < -0.4 is 11.1 Å². The van der Waals surface area contributed by atoms with E-state index >= 15 is 0 Å². The molecular formula is C20H24ClN3O2. The molecule has 2 aromatic rings. The quantitative estimate of drug-likeness (QED) is 0.862. The molecule has 6 heteroatoms. The number of carbonyl (C=O) groups is 2. The van der Waals surface area contributed by atoms with Crippen LogP contribution in [0.4, 0.5) is 5.69 Å². The lowest BCUT2D eigenvalue weighted by Gasteiger charge is -2.19. The minimum Gasteiger partial charge on any atom is -0.339 e. The standard InChI is InChI=1S/C20H23N3O2.ClH/c1-14-5-4-6-17(18(14)20(25)23-11-2-3-12-23)22-19(24)16-9-7-15(13-21)8-10-16;/h4-10H,2-3,11-13,21H2,1H3,(H,22,24);1H. The molecule has 1 aliphatic rings. The predicted octanol–water partition coefficient (Wildman–Crippen LogP) is 3.36. The number of likely N-dealkylation sites (tertiary alicyclic amines) is 1. The highest BCUT2D eigenvalue weighted by Gasteiger charge is 2.24. The third-order valence-corrected chi connectivity index (χ3v) is 4.58. The first-order chi connectivity index (χ1) is 12.1. The second-order valence-electron chi connectivity index (χ2n) is 6.35. The number of carbonyl (C=O) groups excluding carboxylic acids is 2. The van der Waals surface area contributed by atoms with E-state index in [1.54, 1.807) is 18.2 Å². The number of hydrogen-bond donors (Lipinski definition) is 2. The zero-order valence-corrected chi connectivity index (χ0v) is 15.6. The van der Waals surface area contributed by atoms with Gasteiger partial charge in [0.1, 0.15) is 0 Å². The molecule has 3 rings (SSSR count). The minimum atomic E-state index is -0.232. The third kappa shape index (κ3) is 4.23. The lowest BCUT2D eigenvalue weighted by molar-refractivity contribution is 0.0793. The summed E-state index contributed by atoms with van der Waals surface area (Å²) in [4.78, 5) is 27.3. The number of benzene rings is 2. The van der Waals surface area contributed by atoms with E-state index in [1.807, 2.05) is 36.1 Å². The van der Waals surface area contributed by atoms with Crippen molar-refractivity contribution in [2.45, 2.75) is 26.3 Å². The topological polar surface area (TPSA) is 75.4 Å². The maximum absolute atomic E-state index is 12.9. The molecule has 1 fully saturated rings. The summed E-state index contributed by atoms with van der Waals surface area (Å²) >= 11 is 0. The predicted molar refractivity (Wildman–Crippen MR) is 106 cm³/mol. The maximum Gasteiger partial charge on any atom is 0.256 e. The molecule has 0 aliphatic carbocycles. The van der Waals surface area contributed by atoms with Gasteiger partial charge in [0.05, 0.1) is 11.3 Å². The van der Waals surface area contributed by atoms with E-state index in [1.165, 1.54) is 0 Å². The molecule has 0 spiro atoms. The Morgan fingerprint density at radius 3 is 2.35 bits per heavy atom. The Kier molecular flexibility index (Phi) is 6.77. The van der Waals surface area contributed by atoms with Crippen LogP contribution in [0.5, 0.6) is 0 Å². The molecule has 3 N–H and O–H groups in total. The molecule has 0 unspecified atom stereocenters. The molecule has 1 heterocycles. The molecule has 138 valence electrons. The van der Waals surface area contributed by atoms with Crippen molar-refractivity contribution in [3.05, 3.63) is 64.7 Å². The summed E-state index contributed by atoms with van der Waals surface area (Å²) in [6.45, 7) is 3.89. The minimum absolute atomic E-state index is 0. The molecule has 1 saturated heterocycles. The van der Waals surface area contributed by atoms with Crippen LogP contribution in [0.1, 0.15) is 44.7 Å². The van der Waals surface area contributed by atoms with E-state index in [4.69, 9.17) is 5.73 Å². The van der Waals surface area contributed by atoms with Crippen molar-refractivity contribution < 1.29 is 9.59 Å². The van der Waals surface area contributed by atoms with Gasteiger partial charge in [-0.3, -0.25) is 9.59 Å². The van der Waals surface area contributed by atoms with Crippen LogP contribution >= 0.6 is 12.4 Å². The molecule has 1 aliphatic heterocycles.